The molecule has 0 bridgehead atoms. The van der Waals surface area contributed by atoms with Crippen LogP contribution in [-0.2, 0) is 14.2 Å². The molecule has 0 aliphatic rings. The van der Waals surface area contributed by atoms with Crippen LogP contribution in [0.15, 0.2) is 0 Å². The van der Waals surface area contributed by atoms with Crippen molar-refractivity contribution in [1.82, 2.24) is 5.32 Å². The standard InChI is InChI=1S/C11H25NO4/c1-12-11(13)5-3-6-15-7-4-8-16-10-9-14-2/h11-13H,3-10H2,1-2H3. The van der Waals surface area contributed by atoms with Crippen LogP contribution in [0, 0.1) is 0 Å². The molecule has 0 fully saturated rings. The van der Waals surface area contributed by atoms with Gasteiger partial charge in [-0.1, -0.05) is 0 Å². The summed E-state index contributed by atoms with van der Waals surface area (Å²) in [5.41, 5.74) is 0. The molecule has 0 rings (SSSR count). The summed E-state index contributed by atoms with van der Waals surface area (Å²) in [6, 6.07) is 0. The van der Waals surface area contributed by atoms with E-state index in [0.29, 0.717) is 33.0 Å². The maximum Gasteiger partial charge on any atom is 0.104 e. The number of aliphatic hydroxyl groups is 1. The Morgan fingerprint density at radius 1 is 1.00 bits per heavy atom. The molecule has 0 aliphatic heterocycles. The molecule has 0 amide bonds. The van der Waals surface area contributed by atoms with Crippen molar-refractivity contribution in [2.24, 2.45) is 0 Å². The first-order chi connectivity index (χ1) is 7.81. The largest absolute Gasteiger partial charge is 0.382 e. The van der Waals surface area contributed by atoms with Crippen molar-refractivity contribution in [1.29, 1.82) is 0 Å². The lowest BCUT2D eigenvalue weighted by molar-refractivity contribution is 0.0480. The minimum atomic E-state index is -0.416. The second-order valence-corrected chi connectivity index (χ2v) is 3.52. The van der Waals surface area contributed by atoms with Crippen LogP contribution >= 0.6 is 0 Å². The van der Waals surface area contributed by atoms with Crippen molar-refractivity contribution in [3.63, 3.8) is 0 Å². The van der Waals surface area contributed by atoms with Crippen molar-refractivity contribution in [2.45, 2.75) is 25.5 Å². The van der Waals surface area contributed by atoms with Gasteiger partial charge in [0.15, 0.2) is 0 Å². The summed E-state index contributed by atoms with van der Waals surface area (Å²) in [5.74, 6) is 0. The predicted molar refractivity (Wildman–Crippen MR) is 62.4 cm³/mol. The maximum absolute atomic E-state index is 9.18. The number of nitrogens with one attached hydrogen (secondary N) is 1. The van der Waals surface area contributed by atoms with E-state index in [1.54, 1.807) is 14.2 Å². The second kappa shape index (κ2) is 12.9. The first kappa shape index (κ1) is 15.8. The molecule has 0 heterocycles. The van der Waals surface area contributed by atoms with Crippen molar-refractivity contribution in [3.05, 3.63) is 0 Å². The molecule has 2 N–H and O–H groups in total. The minimum absolute atomic E-state index is 0.416. The maximum atomic E-state index is 9.18. The van der Waals surface area contributed by atoms with E-state index in [1.807, 2.05) is 0 Å². The lowest BCUT2D eigenvalue weighted by Gasteiger charge is -2.09. The van der Waals surface area contributed by atoms with Gasteiger partial charge in [-0.05, 0) is 26.3 Å². The monoisotopic (exact) mass is 235 g/mol. The van der Waals surface area contributed by atoms with Crippen LogP contribution in [0.1, 0.15) is 19.3 Å². The van der Waals surface area contributed by atoms with Gasteiger partial charge in [0.25, 0.3) is 0 Å². The lowest BCUT2D eigenvalue weighted by Crippen LogP contribution is -2.24. The van der Waals surface area contributed by atoms with Crippen molar-refractivity contribution in [3.8, 4) is 0 Å². The summed E-state index contributed by atoms with van der Waals surface area (Å²) in [5, 5.41) is 11.9. The summed E-state index contributed by atoms with van der Waals surface area (Å²) in [6.07, 6.45) is 2.08. The van der Waals surface area contributed by atoms with E-state index in [4.69, 9.17) is 14.2 Å². The molecule has 0 radical (unpaired) electrons. The Hall–Kier alpha value is -0.200. The van der Waals surface area contributed by atoms with E-state index in [2.05, 4.69) is 5.32 Å². The highest BCUT2D eigenvalue weighted by molar-refractivity contribution is 4.48. The van der Waals surface area contributed by atoms with Crippen LogP contribution in [0.3, 0.4) is 0 Å². The summed E-state index contributed by atoms with van der Waals surface area (Å²) < 4.78 is 15.5. The summed E-state index contributed by atoms with van der Waals surface area (Å²) in [7, 11) is 3.40. The van der Waals surface area contributed by atoms with Crippen LogP contribution < -0.4 is 5.32 Å². The van der Waals surface area contributed by atoms with Gasteiger partial charge in [-0.15, -0.1) is 0 Å². The van der Waals surface area contributed by atoms with E-state index in [0.717, 1.165) is 19.3 Å². The van der Waals surface area contributed by atoms with E-state index >= 15 is 0 Å². The zero-order valence-electron chi connectivity index (χ0n) is 10.4. The number of methoxy groups -OCH3 is 1. The molecule has 1 unspecified atom stereocenters. The van der Waals surface area contributed by atoms with Gasteiger partial charge < -0.3 is 19.3 Å². The number of hydrogen-bond acceptors (Lipinski definition) is 5. The predicted octanol–water partition coefficient (Wildman–Crippen LogP) is 0.374. The quantitative estimate of drug-likeness (QED) is 0.378. The molecule has 0 aliphatic carbocycles. The fraction of sp³-hybridized carbons (Fsp3) is 1.00. The number of rotatable bonds is 12. The fourth-order valence-corrected chi connectivity index (χ4v) is 1.13. The van der Waals surface area contributed by atoms with Gasteiger partial charge in [-0.25, -0.2) is 0 Å². The molecule has 0 aromatic rings. The third-order valence-electron chi connectivity index (χ3n) is 2.11. The number of ether oxygens (including phenoxy) is 3. The molecular weight excluding hydrogens is 210 g/mol. The molecule has 0 aromatic heterocycles. The van der Waals surface area contributed by atoms with Gasteiger partial charge >= 0.3 is 0 Å². The van der Waals surface area contributed by atoms with Gasteiger partial charge in [0, 0.05) is 26.9 Å². The molecule has 0 saturated heterocycles. The fourth-order valence-electron chi connectivity index (χ4n) is 1.13. The van der Waals surface area contributed by atoms with Crippen LogP contribution in [0.4, 0.5) is 0 Å². The Morgan fingerprint density at radius 3 is 2.25 bits per heavy atom. The molecule has 0 saturated carbocycles. The van der Waals surface area contributed by atoms with Crippen molar-refractivity contribution < 1.29 is 19.3 Å². The Kier molecular flexibility index (Phi) is 12.7. The zero-order valence-corrected chi connectivity index (χ0v) is 10.4. The third kappa shape index (κ3) is 11.9. The normalized spacial score (nSPS) is 12.9. The SMILES string of the molecule is CNC(O)CCCOCCCOCCOC. The van der Waals surface area contributed by atoms with Crippen molar-refractivity contribution >= 4 is 0 Å². The van der Waals surface area contributed by atoms with Crippen LogP contribution in [-0.4, -0.2) is 58.5 Å². The first-order valence-corrected chi connectivity index (χ1v) is 5.81. The van der Waals surface area contributed by atoms with E-state index in [-0.39, 0.29) is 0 Å². The van der Waals surface area contributed by atoms with Gasteiger partial charge in [-0.2, -0.15) is 0 Å². The second-order valence-electron chi connectivity index (χ2n) is 3.52. The van der Waals surface area contributed by atoms with Crippen LogP contribution in [0.5, 0.6) is 0 Å². The summed E-state index contributed by atoms with van der Waals surface area (Å²) in [4.78, 5) is 0. The van der Waals surface area contributed by atoms with Crippen molar-refractivity contribution in [2.75, 3.05) is 47.2 Å². The summed E-state index contributed by atoms with van der Waals surface area (Å²) >= 11 is 0. The van der Waals surface area contributed by atoms with Gasteiger partial charge in [0.1, 0.15) is 6.23 Å². The zero-order chi connectivity index (χ0) is 12.1. The molecular formula is C11H25NO4. The molecule has 1 atom stereocenters. The highest BCUT2D eigenvalue weighted by Gasteiger charge is 1.98. The smallest absolute Gasteiger partial charge is 0.104 e. The Labute approximate surface area is 98.1 Å². The molecule has 5 heteroatoms. The molecule has 16 heavy (non-hydrogen) atoms. The molecule has 5 nitrogen and oxygen atoms in total. The van der Waals surface area contributed by atoms with Crippen LogP contribution in [0.2, 0.25) is 0 Å². The van der Waals surface area contributed by atoms with E-state index in [9.17, 15) is 5.11 Å². The summed E-state index contributed by atoms with van der Waals surface area (Å²) in [6.45, 7) is 3.40. The number of aliphatic hydroxyl groups excluding tert-OH is 1. The Balaban J connectivity index is 2.93. The highest BCUT2D eigenvalue weighted by atomic mass is 16.5. The van der Waals surface area contributed by atoms with E-state index < -0.39 is 6.23 Å². The number of hydrogen-bond donors (Lipinski definition) is 2. The Morgan fingerprint density at radius 2 is 1.62 bits per heavy atom. The minimum Gasteiger partial charge on any atom is -0.382 e. The van der Waals surface area contributed by atoms with E-state index in [1.165, 1.54) is 0 Å². The van der Waals surface area contributed by atoms with Gasteiger partial charge in [0.2, 0.25) is 0 Å². The molecule has 0 spiro atoms. The van der Waals surface area contributed by atoms with Gasteiger partial charge in [0.05, 0.1) is 13.2 Å². The third-order valence-corrected chi connectivity index (χ3v) is 2.11. The topological polar surface area (TPSA) is 60.0 Å². The molecule has 0 aromatic carbocycles. The van der Waals surface area contributed by atoms with Crippen LogP contribution in [0.25, 0.3) is 0 Å². The average molecular weight is 235 g/mol. The first-order valence-electron chi connectivity index (χ1n) is 5.81. The average Bonchev–Trinajstić information content (AvgIpc) is 2.31. The van der Waals surface area contributed by atoms with Gasteiger partial charge in [-0.3, -0.25) is 5.32 Å². The Bertz CT molecular complexity index is 135. The molecule has 98 valence electrons. The highest BCUT2D eigenvalue weighted by Crippen LogP contribution is 1.95. The lowest BCUT2D eigenvalue weighted by atomic mass is 10.3.